The Kier molecular flexibility index (Phi) is 3.54. The topological polar surface area (TPSA) is 49.3 Å². The lowest BCUT2D eigenvalue weighted by molar-refractivity contribution is 0.0696. The Balaban J connectivity index is 2.03. The number of nitrogens with one attached hydrogen (secondary N) is 1. The summed E-state index contributed by atoms with van der Waals surface area (Å²) in [7, 11) is 0. The van der Waals surface area contributed by atoms with Crippen molar-refractivity contribution in [2.75, 3.05) is 0 Å². The number of aromatic carboxylic acids is 1. The van der Waals surface area contributed by atoms with Gasteiger partial charge in [-0.3, -0.25) is 0 Å². The number of hydrogen-bond acceptors (Lipinski definition) is 2. The second-order valence-electron chi connectivity index (χ2n) is 4.88. The number of carboxylic acids is 1. The third kappa shape index (κ3) is 2.87. The zero-order valence-electron chi connectivity index (χ0n) is 9.79. The van der Waals surface area contributed by atoms with E-state index in [2.05, 4.69) is 28.2 Å². The molecule has 0 aliphatic heterocycles. The number of carbonyl (C=O) groups is 1. The Hall–Kier alpha value is -0.870. The van der Waals surface area contributed by atoms with E-state index in [1.165, 1.54) is 19.3 Å². The molecule has 1 aliphatic rings. The first-order chi connectivity index (χ1) is 8.00. The minimum absolute atomic E-state index is 0.269. The van der Waals surface area contributed by atoms with Crippen LogP contribution in [0, 0.1) is 0 Å². The molecule has 1 aromatic rings. The smallest absolute Gasteiger partial charge is 0.335 e. The van der Waals surface area contributed by atoms with Crippen molar-refractivity contribution in [1.29, 1.82) is 0 Å². The second-order valence-corrected chi connectivity index (χ2v) is 5.73. The molecular formula is C13H16BrNO2. The lowest BCUT2D eigenvalue weighted by Gasteiger charge is -2.39. The van der Waals surface area contributed by atoms with Crippen LogP contribution in [0.4, 0.5) is 0 Å². The van der Waals surface area contributed by atoms with Crippen LogP contribution in [-0.2, 0) is 6.54 Å². The van der Waals surface area contributed by atoms with Gasteiger partial charge in [-0.2, -0.15) is 0 Å². The molecule has 0 atom stereocenters. The van der Waals surface area contributed by atoms with Crippen molar-refractivity contribution in [2.45, 2.75) is 38.3 Å². The number of benzene rings is 1. The quantitative estimate of drug-likeness (QED) is 0.897. The summed E-state index contributed by atoms with van der Waals surface area (Å²) in [5.41, 5.74) is 1.68. The maximum atomic E-state index is 10.8. The molecule has 2 N–H and O–H groups in total. The van der Waals surface area contributed by atoms with Crippen molar-refractivity contribution in [3.8, 4) is 0 Å². The predicted molar refractivity (Wildman–Crippen MR) is 70.2 cm³/mol. The molecule has 0 unspecified atom stereocenters. The molecule has 0 saturated heterocycles. The Morgan fingerprint density at radius 3 is 2.71 bits per heavy atom. The highest BCUT2D eigenvalue weighted by atomic mass is 79.9. The van der Waals surface area contributed by atoms with Crippen LogP contribution in [-0.4, -0.2) is 16.6 Å². The van der Waals surface area contributed by atoms with Crippen molar-refractivity contribution >= 4 is 21.9 Å². The van der Waals surface area contributed by atoms with E-state index in [9.17, 15) is 4.79 Å². The second kappa shape index (κ2) is 4.78. The Morgan fingerprint density at radius 1 is 1.53 bits per heavy atom. The van der Waals surface area contributed by atoms with Gasteiger partial charge in [0, 0.05) is 16.6 Å². The molecule has 92 valence electrons. The molecule has 0 heterocycles. The molecule has 1 fully saturated rings. The molecule has 1 aliphatic carbocycles. The lowest BCUT2D eigenvalue weighted by atomic mass is 9.78. The van der Waals surface area contributed by atoms with Gasteiger partial charge in [0.25, 0.3) is 0 Å². The maximum Gasteiger partial charge on any atom is 0.335 e. The van der Waals surface area contributed by atoms with Crippen molar-refractivity contribution in [3.05, 3.63) is 33.8 Å². The first-order valence-electron chi connectivity index (χ1n) is 5.77. The molecule has 0 bridgehead atoms. The van der Waals surface area contributed by atoms with Gasteiger partial charge in [-0.25, -0.2) is 4.79 Å². The van der Waals surface area contributed by atoms with Crippen LogP contribution in [0.5, 0.6) is 0 Å². The van der Waals surface area contributed by atoms with E-state index in [4.69, 9.17) is 5.11 Å². The first-order valence-corrected chi connectivity index (χ1v) is 6.56. The van der Waals surface area contributed by atoms with Crippen LogP contribution in [0.15, 0.2) is 22.7 Å². The summed E-state index contributed by atoms with van der Waals surface area (Å²) in [6.45, 7) is 3.01. The third-order valence-corrected chi connectivity index (χ3v) is 4.20. The van der Waals surface area contributed by atoms with E-state index in [1.807, 2.05) is 6.07 Å². The molecule has 2 rings (SSSR count). The molecule has 4 heteroatoms. The van der Waals surface area contributed by atoms with Crippen LogP contribution in [0.25, 0.3) is 0 Å². The molecule has 0 amide bonds. The van der Waals surface area contributed by atoms with Crippen LogP contribution in [0.3, 0.4) is 0 Å². The first kappa shape index (κ1) is 12.6. The average Bonchev–Trinajstić information content (AvgIpc) is 2.24. The van der Waals surface area contributed by atoms with Gasteiger partial charge in [-0.15, -0.1) is 0 Å². The molecule has 0 radical (unpaired) electrons. The van der Waals surface area contributed by atoms with E-state index in [0.717, 1.165) is 16.6 Å². The summed E-state index contributed by atoms with van der Waals surface area (Å²) in [4.78, 5) is 10.8. The summed E-state index contributed by atoms with van der Waals surface area (Å²) in [5, 5.41) is 12.4. The zero-order chi connectivity index (χ0) is 12.5. The van der Waals surface area contributed by atoms with Crippen molar-refractivity contribution in [2.24, 2.45) is 0 Å². The lowest BCUT2D eigenvalue weighted by Crippen LogP contribution is -2.47. The van der Waals surface area contributed by atoms with E-state index < -0.39 is 5.97 Å². The van der Waals surface area contributed by atoms with Gasteiger partial charge in [0.2, 0.25) is 0 Å². The van der Waals surface area contributed by atoms with Crippen molar-refractivity contribution < 1.29 is 9.90 Å². The number of rotatable bonds is 4. The van der Waals surface area contributed by atoms with E-state index in [0.29, 0.717) is 5.56 Å². The van der Waals surface area contributed by atoms with Gasteiger partial charge in [0.1, 0.15) is 0 Å². The van der Waals surface area contributed by atoms with Crippen molar-refractivity contribution in [3.63, 3.8) is 0 Å². The van der Waals surface area contributed by atoms with Gasteiger partial charge in [-0.1, -0.05) is 22.0 Å². The number of carboxylic acid groups (broad SMARTS) is 1. The highest BCUT2D eigenvalue weighted by molar-refractivity contribution is 9.10. The summed E-state index contributed by atoms with van der Waals surface area (Å²) in [6.07, 6.45) is 3.73. The third-order valence-electron chi connectivity index (χ3n) is 3.46. The maximum absolute atomic E-state index is 10.8. The summed E-state index contributed by atoms with van der Waals surface area (Å²) < 4.78 is 0.854. The molecular weight excluding hydrogens is 282 g/mol. The van der Waals surface area contributed by atoms with E-state index in [-0.39, 0.29) is 5.54 Å². The summed E-state index contributed by atoms with van der Waals surface area (Å²) >= 11 is 3.42. The Labute approximate surface area is 109 Å². The highest BCUT2D eigenvalue weighted by Crippen LogP contribution is 2.31. The fraction of sp³-hybridized carbons (Fsp3) is 0.462. The Morgan fingerprint density at radius 2 is 2.24 bits per heavy atom. The van der Waals surface area contributed by atoms with Gasteiger partial charge in [-0.05, 0) is 43.9 Å². The van der Waals surface area contributed by atoms with Gasteiger partial charge in [0.15, 0.2) is 0 Å². The van der Waals surface area contributed by atoms with Crippen LogP contribution in [0.2, 0.25) is 0 Å². The SMILES string of the molecule is CC1(NCc2ccc(C(=O)O)cc2Br)CCC1. The minimum atomic E-state index is -0.892. The normalized spacial score (nSPS) is 17.5. The molecule has 0 spiro atoms. The van der Waals surface area contributed by atoms with Crippen LogP contribution in [0.1, 0.15) is 42.1 Å². The van der Waals surface area contributed by atoms with Crippen LogP contribution >= 0.6 is 15.9 Å². The predicted octanol–water partition coefficient (Wildman–Crippen LogP) is 3.18. The van der Waals surface area contributed by atoms with Gasteiger partial charge in [0.05, 0.1) is 5.56 Å². The molecule has 1 saturated carbocycles. The molecule has 0 aromatic heterocycles. The van der Waals surface area contributed by atoms with Gasteiger partial charge < -0.3 is 10.4 Å². The number of hydrogen-bond donors (Lipinski definition) is 2. The molecule has 1 aromatic carbocycles. The monoisotopic (exact) mass is 297 g/mol. The Bertz CT molecular complexity index is 441. The van der Waals surface area contributed by atoms with Crippen LogP contribution < -0.4 is 5.32 Å². The molecule has 17 heavy (non-hydrogen) atoms. The summed E-state index contributed by atoms with van der Waals surface area (Å²) in [6, 6.07) is 5.16. The van der Waals surface area contributed by atoms with Crippen molar-refractivity contribution in [1.82, 2.24) is 5.32 Å². The van der Waals surface area contributed by atoms with E-state index >= 15 is 0 Å². The average molecular weight is 298 g/mol. The largest absolute Gasteiger partial charge is 0.478 e. The summed E-state index contributed by atoms with van der Waals surface area (Å²) in [5.74, 6) is -0.892. The van der Waals surface area contributed by atoms with Gasteiger partial charge >= 0.3 is 5.97 Å². The zero-order valence-corrected chi connectivity index (χ0v) is 11.4. The number of halogens is 1. The highest BCUT2D eigenvalue weighted by Gasteiger charge is 2.30. The minimum Gasteiger partial charge on any atom is -0.478 e. The van der Waals surface area contributed by atoms with E-state index in [1.54, 1.807) is 12.1 Å². The molecule has 3 nitrogen and oxygen atoms in total. The standard InChI is InChI=1S/C13H16BrNO2/c1-13(5-2-6-13)15-8-10-4-3-9(12(16)17)7-11(10)14/h3-4,7,15H,2,5-6,8H2,1H3,(H,16,17). The fourth-order valence-electron chi connectivity index (χ4n) is 2.02. The fourth-order valence-corrected chi connectivity index (χ4v) is 2.54.